The van der Waals surface area contributed by atoms with E-state index in [1.807, 2.05) is 0 Å². The van der Waals surface area contributed by atoms with Crippen LogP contribution in [-0.2, 0) is 19.6 Å². The van der Waals surface area contributed by atoms with Crippen LogP contribution in [-0.4, -0.2) is 49.7 Å². The molecule has 8 nitrogen and oxygen atoms in total. The Labute approximate surface area is 149 Å². The van der Waals surface area contributed by atoms with Crippen LogP contribution in [0.4, 0.5) is 9.59 Å². The fourth-order valence-corrected chi connectivity index (χ4v) is 3.42. The Balaban J connectivity index is 3.33. The van der Waals surface area contributed by atoms with Gasteiger partial charge in [0.25, 0.3) is 0 Å². The Morgan fingerprint density at radius 3 is 2.08 bits per heavy atom. The molecular weight excluding hydrogens is 404 g/mol. The van der Waals surface area contributed by atoms with Crippen LogP contribution < -0.4 is 0 Å². The third kappa shape index (κ3) is 5.10. The Bertz CT molecular complexity index is 727. The lowest BCUT2D eigenvalue weighted by molar-refractivity contribution is -0.0542. The second-order valence-corrected chi connectivity index (χ2v) is 8.47. The van der Waals surface area contributed by atoms with Crippen LogP contribution in [0.5, 0.6) is 0 Å². The third-order valence-electron chi connectivity index (χ3n) is 2.40. The van der Waals surface area contributed by atoms with Crippen molar-refractivity contribution in [3.63, 3.8) is 0 Å². The number of hydroxylamine groups is 1. The van der Waals surface area contributed by atoms with E-state index in [2.05, 4.69) is 15.9 Å². The molecule has 0 heterocycles. The number of hydrogen-bond donors (Lipinski definition) is 0. The van der Waals surface area contributed by atoms with Crippen LogP contribution in [0.3, 0.4) is 0 Å². The first kappa shape index (κ1) is 20.2. The Morgan fingerprint density at radius 2 is 1.62 bits per heavy atom. The molecule has 0 fully saturated rings. The zero-order valence-electron chi connectivity index (χ0n) is 13.9. The molecule has 0 atom stereocenters. The van der Waals surface area contributed by atoms with Crippen LogP contribution in [0.1, 0.15) is 20.8 Å². The molecule has 0 saturated carbocycles. The Morgan fingerprint density at radius 1 is 1.08 bits per heavy atom. The van der Waals surface area contributed by atoms with Gasteiger partial charge in [-0.1, -0.05) is 12.1 Å². The van der Waals surface area contributed by atoms with E-state index >= 15 is 0 Å². The van der Waals surface area contributed by atoms with Crippen LogP contribution in [0.2, 0.25) is 0 Å². The van der Waals surface area contributed by atoms with Crippen molar-refractivity contribution in [2.75, 3.05) is 14.1 Å². The molecule has 0 radical (unpaired) electrons. The van der Waals surface area contributed by atoms with E-state index in [4.69, 9.17) is 9.57 Å². The van der Waals surface area contributed by atoms with E-state index < -0.39 is 27.8 Å². The van der Waals surface area contributed by atoms with Crippen molar-refractivity contribution in [2.45, 2.75) is 31.3 Å². The average Bonchev–Trinajstić information content (AvgIpc) is 2.42. The molecule has 134 valence electrons. The van der Waals surface area contributed by atoms with E-state index in [0.29, 0.717) is 0 Å². The van der Waals surface area contributed by atoms with Crippen molar-refractivity contribution < 1.29 is 27.6 Å². The maximum Gasteiger partial charge on any atom is 0.459 e. The van der Waals surface area contributed by atoms with Gasteiger partial charge in [0.1, 0.15) is 10.5 Å². The topological polar surface area (TPSA) is 93.2 Å². The van der Waals surface area contributed by atoms with Gasteiger partial charge in [0, 0.05) is 18.6 Å². The van der Waals surface area contributed by atoms with Crippen molar-refractivity contribution in [1.82, 2.24) is 9.37 Å². The molecule has 24 heavy (non-hydrogen) atoms. The smallest absolute Gasteiger partial charge is 0.441 e. The minimum atomic E-state index is -4.49. The van der Waals surface area contributed by atoms with E-state index in [1.165, 1.54) is 32.3 Å². The molecule has 1 aromatic rings. The number of amides is 2. The minimum Gasteiger partial charge on any atom is -0.441 e. The van der Waals surface area contributed by atoms with Gasteiger partial charge in [-0.05, 0) is 53.3 Å². The van der Waals surface area contributed by atoms with E-state index in [9.17, 15) is 18.0 Å². The largest absolute Gasteiger partial charge is 0.459 e. The van der Waals surface area contributed by atoms with E-state index in [0.717, 1.165) is 4.90 Å². The van der Waals surface area contributed by atoms with Gasteiger partial charge >= 0.3 is 22.2 Å². The summed E-state index contributed by atoms with van der Waals surface area (Å²) in [4.78, 5) is 29.5. The molecule has 0 saturated heterocycles. The molecule has 0 aliphatic rings. The van der Waals surface area contributed by atoms with Crippen LogP contribution in [0.15, 0.2) is 33.6 Å². The standard InChI is InChI=1S/C14H19BrN2O6S/c1-14(2,3)22-13(19)17(23-12(18)16(4)5)24(20,21)11-9-7-6-8-10(11)15/h6-9H,1-5H3. The number of sulfonamides is 1. The lowest BCUT2D eigenvalue weighted by Gasteiger charge is -2.26. The zero-order chi connectivity index (χ0) is 18.7. The van der Waals surface area contributed by atoms with Crippen LogP contribution in [0.25, 0.3) is 0 Å². The normalized spacial score (nSPS) is 11.6. The van der Waals surface area contributed by atoms with Crippen LogP contribution >= 0.6 is 15.9 Å². The van der Waals surface area contributed by atoms with Gasteiger partial charge in [-0.2, -0.15) is 8.42 Å². The summed E-state index contributed by atoms with van der Waals surface area (Å²) in [5.41, 5.74) is -0.983. The first-order valence-corrected chi connectivity index (χ1v) is 9.01. The summed E-state index contributed by atoms with van der Waals surface area (Å²) in [6, 6.07) is 5.82. The van der Waals surface area contributed by atoms with Crippen molar-refractivity contribution in [1.29, 1.82) is 0 Å². The number of benzene rings is 1. The maximum atomic E-state index is 12.7. The number of carbonyl (C=O) groups excluding carboxylic acids is 2. The summed E-state index contributed by atoms with van der Waals surface area (Å²) in [6.45, 7) is 4.67. The maximum absolute atomic E-state index is 12.7. The first-order chi connectivity index (χ1) is 10.9. The first-order valence-electron chi connectivity index (χ1n) is 6.78. The van der Waals surface area contributed by atoms with Crippen molar-refractivity contribution >= 4 is 38.1 Å². The molecule has 0 aromatic heterocycles. The van der Waals surface area contributed by atoms with Crippen molar-refractivity contribution in [3.8, 4) is 0 Å². The molecule has 0 aliphatic carbocycles. The van der Waals surface area contributed by atoms with Gasteiger partial charge in [-0.25, -0.2) is 9.59 Å². The van der Waals surface area contributed by atoms with Crippen molar-refractivity contribution in [3.05, 3.63) is 28.7 Å². The summed E-state index contributed by atoms with van der Waals surface area (Å²) in [5, 5.41) is 0. The molecule has 0 N–H and O–H groups in total. The van der Waals surface area contributed by atoms with Crippen LogP contribution in [0, 0.1) is 0 Å². The van der Waals surface area contributed by atoms with Gasteiger partial charge in [-0.15, -0.1) is 0 Å². The molecular formula is C14H19BrN2O6S. The van der Waals surface area contributed by atoms with E-state index in [1.54, 1.807) is 26.8 Å². The highest BCUT2D eigenvalue weighted by molar-refractivity contribution is 9.10. The number of carbonyl (C=O) groups is 2. The highest BCUT2D eigenvalue weighted by atomic mass is 79.9. The molecule has 1 rings (SSSR count). The van der Waals surface area contributed by atoms with Gasteiger partial charge < -0.3 is 9.64 Å². The third-order valence-corrected chi connectivity index (χ3v) is 4.93. The molecule has 0 spiro atoms. The average molecular weight is 423 g/mol. The second-order valence-electron chi connectivity index (χ2n) is 5.89. The summed E-state index contributed by atoms with van der Waals surface area (Å²) in [5.74, 6) is 0. The number of halogens is 1. The Hall–Kier alpha value is -1.81. The molecule has 2 amide bonds. The fraction of sp³-hybridized carbons (Fsp3) is 0.429. The quantitative estimate of drug-likeness (QED) is 0.679. The highest BCUT2D eigenvalue weighted by Crippen LogP contribution is 2.26. The second kappa shape index (κ2) is 7.39. The molecule has 0 aliphatic heterocycles. The summed E-state index contributed by atoms with van der Waals surface area (Å²) >= 11 is 3.10. The number of nitrogens with zero attached hydrogens (tertiary/aromatic N) is 2. The summed E-state index contributed by atoms with van der Waals surface area (Å²) in [6.07, 6.45) is -2.37. The lowest BCUT2D eigenvalue weighted by atomic mass is 10.2. The molecule has 0 unspecified atom stereocenters. The Kier molecular flexibility index (Phi) is 6.23. The minimum absolute atomic E-state index is 0.0549. The fourth-order valence-electron chi connectivity index (χ4n) is 1.38. The van der Waals surface area contributed by atoms with Crippen molar-refractivity contribution in [2.24, 2.45) is 0 Å². The monoisotopic (exact) mass is 422 g/mol. The molecule has 10 heteroatoms. The molecule has 0 bridgehead atoms. The predicted octanol–water partition coefficient (Wildman–Crippen LogP) is 2.99. The summed E-state index contributed by atoms with van der Waals surface area (Å²) in [7, 11) is -1.79. The molecule has 1 aromatic carbocycles. The zero-order valence-corrected chi connectivity index (χ0v) is 16.3. The lowest BCUT2D eigenvalue weighted by Crippen LogP contribution is -2.44. The van der Waals surface area contributed by atoms with Gasteiger partial charge in [0.15, 0.2) is 0 Å². The predicted molar refractivity (Wildman–Crippen MR) is 89.6 cm³/mol. The summed E-state index contributed by atoms with van der Waals surface area (Å²) < 4.78 is 30.7. The SMILES string of the molecule is CN(C)C(=O)ON(C(=O)OC(C)(C)C)S(=O)(=O)c1ccccc1Br. The number of ether oxygens (including phenoxy) is 1. The van der Waals surface area contributed by atoms with Gasteiger partial charge in [-0.3, -0.25) is 4.84 Å². The number of rotatable bonds is 2. The highest BCUT2D eigenvalue weighted by Gasteiger charge is 2.38. The van der Waals surface area contributed by atoms with E-state index in [-0.39, 0.29) is 13.8 Å². The number of hydrogen-bond acceptors (Lipinski definition) is 6. The van der Waals surface area contributed by atoms with Gasteiger partial charge in [0.05, 0.1) is 0 Å². The van der Waals surface area contributed by atoms with Gasteiger partial charge in [0.2, 0.25) is 0 Å².